The van der Waals surface area contributed by atoms with Crippen LogP contribution < -0.4 is 0 Å². The molecule has 1 rings (SSSR count). The van der Waals surface area contributed by atoms with Gasteiger partial charge in [0.25, 0.3) is 0 Å². The molecule has 0 bridgehead atoms. The summed E-state index contributed by atoms with van der Waals surface area (Å²) in [4.78, 5) is 0. The molecule has 0 amide bonds. The van der Waals surface area contributed by atoms with E-state index in [4.69, 9.17) is 5.11 Å². The van der Waals surface area contributed by atoms with Crippen LogP contribution in [-0.2, 0) is 0 Å². The summed E-state index contributed by atoms with van der Waals surface area (Å²) in [6.45, 7) is 4.18. The van der Waals surface area contributed by atoms with Gasteiger partial charge in [-0.25, -0.2) is 0 Å². The Morgan fingerprint density at radius 3 is 1.86 bits per heavy atom. The maximum atomic E-state index is 7.57. The van der Waals surface area contributed by atoms with Crippen molar-refractivity contribution >= 4 is 0 Å². The molecule has 0 aliphatic heterocycles. The maximum Gasteiger partial charge on any atom is 0.0402 e. The second-order valence-corrected chi connectivity index (χ2v) is 5.30. The third-order valence-corrected chi connectivity index (χ3v) is 3.10. The van der Waals surface area contributed by atoms with Gasteiger partial charge in [-0.15, -0.1) is 0 Å². The highest BCUT2D eigenvalue weighted by atomic mass is 16.2. The largest absolute Gasteiger partial charge is 0.397 e. The van der Waals surface area contributed by atoms with Gasteiger partial charge in [0.05, 0.1) is 0 Å². The van der Waals surface area contributed by atoms with E-state index < -0.39 is 0 Å². The van der Waals surface area contributed by atoms with E-state index in [9.17, 15) is 0 Å². The minimum atomic E-state index is 0.250. The summed E-state index contributed by atoms with van der Waals surface area (Å²) in [5, 5.41) is 7.57. The zero-order valence-electron chi connectivity index (χ0n) is 14.1. The smallest absolute Gasteiger partial charge is 0.0402 e. The first-order chi connectivity index (χ1) is 10.3. The summed E-state index contributed by atoms with van der Waals surface area (Å²) in [7, 11) is 0. The van der Waals surface area contributed by atoms with Crippen LogP contribution in [0, 0.1) is 0 Å². The molecular weight excluding hydrogens is 256 g/mol. The van der Waals surface area contributed by atoms with Gasteiger partial charge in [-0.1, -0.05) is 67.9 Å². The maximum absolute atomic E-state index is 7.57. The lowest BCUT2D eigenvalue weighted by molar-refractivity contribution is 0.318. The van der Waals surface area contributed by atoms with Crippen molar-refractivity contribution < 1.29 is 5.11 Å². The van der Waals surface area contributed by atoms with Crippen molar-refractivity contribution in [3.8, 4) is 0 Å². The van der Waals surface area contributed by atoms with Crippen molar-refractivity contribution in [3.63, 3.8) is 0 Å². The van der Waals surface area contributed by atoms with E-state index in [2.05, 4.69) is 49.5 Å². The molecule has 1 heteroatoms. The van der Waals surface area contributed by atoms with Crippen molar-refractivity contribution in [3.05, 3.63) is 48.1 Å². The molecule has 0 aromatic rings. The van der Waals surface area contributed by atoms with E-state index in [0.29, 0.717) is 0 Å². The molecule has 1 fully saturated rings. The molecule has 0 spiro atoms. The highest BCUT2D eigenvalue weighted by Gasteiger charge is 2.08. The van der Waals surface area contributed by atoms with Gasteiger partial charge in [0.2, 0.25) is 0 Å². The van der Waals surface area contributed by atoms with Crippen molar-refractivity contribution in [2.24, 2.45) is 0 Å². The lowest BCUT2D eigenvalue weighted by Gasteiger charge is -1.90. The minimum absolute atomic E-state index is 0.250. The van der Waals surface area contributed by atoms with E-state index in [-0.39, 0.29) is 6.61 Å². The molecule has 0 saturated heterocycles. The van der Waals surface area contributed by atoms with Crippen LogP contribution >= 0.6 is 0 Å². The quantitative estimate of drug-likeness (QED) is 0.379. The van der Waals surface area contributed by atoms with E-state index >= 15 is 0 Å². The van der Waals surface area contributed by atoms with Crippen molar-refractivity contribution in [2.75, 3.05) is 6.61 Å². The van der Waals surface area contributed by atoms with Crippen LogP contribution in [0.15, 0.2) is 48.1 Å². The zero-order chi connectivity index (χ0) is 15.6. The van der Waals surface area contributed by atoms with Crippen LogP contribution in [-0.4, -0.2) is 11.7 Å². The molecule has 0 unspecified atom stereocenters. The lowest BCUT2D eigenvalue weighted by Crippen LogP contribution is -1.70. The molecule has 21 heavy (non-hydrogen) atoms. The van der Waals surface area contributed by atoms with Crippen LogP contribution in [0.5, 0.6) is 0 Å². The molecule has 1 nitrogen and oxygen atoms in total. The highest BCUT2D eigenvalue weighted by molar-refractivity contribution is 5.17. The Morgan fingerprint density at radius 1 is 0.810 bits per heavy atom. The monoisotopic (exact) mass is 290 g/mol. The van der Waals surface area contributed by atoms with Gasteiger partial charge in [0, 0.05) is 6.61 Å². The molecule has 1 N–H and O–H groups in total. The highest BCUT2D eigenvalue weighted by Crippen LogP contribution is 2.27. The molecule has 1 aliphatic rings. The topological polar surface area (TPSA) is 20.2 Å². The fourth-order valence-electron chi connectivity index (χ4n) is 1.78. The van der Waals surface area contributed by atoms with Gasteiger partial charge in [0.1, 0.15) is 0 Å². The molecule has 0 aromatic heterocycles. The first kappa shape index (κ1) is 19.9. The molecule has 120 valence electrons. The van der Waals surface area contributed by atoms with E-state index in [1.54, 1.807) is 12.5 Å². The Labute approximate surface area is 132 Å². The molecular formula is C20H34O. The average molecular weight is 290 g/mol. The number of aliphatic hydroxyl groups is 1. The van der Waals surface area contributed by atoms with Gasteiger partial charge < -0.3 is 5.11 Å². The summed E-state index contributed by atoms with van der Waals surface area (Å²) in [6.07, 6.45) is 27.3. The predicted octanol–water partition coefficient (Wildman–Crippen LogP) is 6.12. The Kier molecular flexibility index (Phi) is 16.1. The summed E-state index contributed by atoms with van der Waals surface area (Å²) in [5.74, 6) is 0. The molecule has 0 aromatic carbocycles. The number of unbranched alkanes of at least 4 members (excludes halogenated alkanes) is 3. The van der Waals surface area contributed by atoms with Crippen molar-refractivity contribution in [1.29, 1.82) is 0 Å². The molecule has 0 heterocycles. The van der Waals surface area contributed by atoms with E-state index in [1.165, 1.54) is 38.5 Å². The van der Waals surface area contributed by atoms with Crippen LogP contribution in [0.25, 0.3) is 0 Å². The Morgan fingerprint density at radius 2 is 1.33 bits per heavy atom. The third kappa shape index (κ3) is 18.9. The SMILES string of the molecule is CCCCC/C=C\C/C=C\C/C=C\CC=C1CC1.CCO. The van der Waals surface area contributed by atoms with E-state index in [0.717, 1.165) is 19.3 Å². The van der Waals surface area contributed by atoms with Crippen LogP contribution in [0.4, 0.5) is 0 Å². The van der Waals surface area contributed by atoms with E-state index in [1.807, 2.05) is 0 Å². The fraction of sp³-hybridized carbons (Fsp3) is 0.600. The molecule has 1 saturated carbocycles. The summed E-state index contributed by atoms with van der Waals surface area (Å²) in [5.41, 5.74) is 1.64. The predicted molar refractivity (Wildman–Crippen MR) is 95.5 cm³/mol. The van der Waals surface area contributed by atoms with Crippen LogP contribution in [0.3, 0.4) is 0 Å². The summed E-state index contributed by atoms with van der Waals surface area (Å²) >= 11 is 0. The lowest BCUT2D eigenvalue weighted by atomic mass is 10.2. The van der Waals surface area contributed by atoms with Gasteiger partial charge in [-0.2, -0.15) is 0 Å². The van der Waals surface area contributed by atoms with Gasteiger partial charge in [-0.3, -0.25) is 0 Å². The summed E-state index contributed by atoms with van der Waals surface area (Å²) < 4.78 is 0. The van der Waals surface area contributed by atoms with Crippen LogP contribution in [0.1, 0.15) is 71.6 Å². The van der Waals surface area contributed by atoms with Gasteiger partial charge in [-0.05, 0) is 51.9 Å². The Balaban J connectivity index is 0.00000122. The van der Waals surface area contributed by atoms with Crippen molar-refractivity contribution in [1.82, 2.24) is 0 Å². The molecule has 1 aliphatic carbocycles. The molecule has 0 atom stereocenters. The normalized spacial score (nSPS) is 14.0. The number of hydrogen-bond donors (Lipinski definition) is 1. The third-order valence-electron chi connectivity index (χ3n) is 3.10. The first-order valence-corrected chi connectivity index (χ1v) is 8.58. The Hall–Kier alpha value is -1.08. The minimum Gasteiger partial charge on any atom is -0.397 e. The number of hydrogen-bond acceptors (Lipinski definition) is 1. The number of rotatable bonds is 10. The zero-order valence-corrected chi connectivity index (χ0v) is 14.1. The van der Waals surface area contributed by atoms with Gasteiger partial charge >= 0.3 is 0 Å². The average Bonchev–Trinajstić information content (AvgIpc) is 3.29. The number of allylic oxidation sites excluding steroid dienone is 8. The standard InChI is InChI=1S/C18H28.C2H6O/c1-2-3-4-5-6-7-8-9-10-11-12-13-14-15-18-16-17-18;1-2-3/h6-7,9-10,12-13,15H,2-5,8,11,14,16-17H2,1H3;3H,2H2,1H3/b7-6-,10-9-,13-12-;. The summed E-state index contributed by atoms with van der Waals surface area (Å²) in [6, 6.07) is 0. The van der Waals surface area contributed by atoms with Crippen LogP contribution in [0.2, 0.25) is 0 Å². The number of aliphatic hydroxyl groups excluding tert-OH is 1. The first-order valence-electron chi connectivity index (χ1n) is 8.58. The van der Waals surface area contributed by atoms with Crippen molar-refractivity contribution in [2.45, 2.75) is 71.6 Å². The Bertz CT molecular complexity index is 315. The second kappa shape index (κ2) is 17.0. The second-order valence-electron chi connectivity index (χ2n) is 5.30. The van der Waals surface area contributed by atoms with Gasteiger partial charge in [0.15, 0.2) is 0 Å². The fourth-order valence-corrected chi connectivity index (χ4v) is 1.78. The molecule has 0 radical (unpaired) electrons.